The first-order valence-electron chi connectivity index (χ1n) is 7.96. The fraction of sp³-hybridized carbons (Fsp3) is 0.100. The maximum atomic E-state index is 12.5. The lowest BCUT2D eigenvalue weighted by Crippen LogP contribution is -2.22. The minimum Gasteiger partial charge on any atom is -0.464 e. The molecule has 5 nitrogen and oxygen atoms in total. The van der Waals surface area contributed by atoms with Crippen molar-refractivity contribution in [2.24, 2.45) is 0 Å². The number of carbonyl (C=O) groups is 2. The van der Waals surface area contributed by atoms with E-state index in [1.807, 2.05) is 24.3 Å². The van der Waals surface area contributed by atoms with Crippen LogP contribution in [0.15, 0.2) is 65.8 Å². The van der Waals surface area contributed by atoms with E-state index in [2.05, 4.69) is 11.9 Å². The van der Waals surface area contributed by atoms with Gasteiger partial charge in [0.15, 0.2) is 0 Å². The first-order valence-corrected chi connectivity index (χ1v) is 7.96. The van der Waals surface area contributed by atoms with Crippen LogP contribution in [-0.2, 0) is 17.9 Å². The molecule has 0 aliphatic carbocycles. The summed E-state index contributed by atoms with van der Waals surface area (Å²) in [5.74, 6) is -0.268. The molecule has 2 heterocycles. The van der Waals surface area contributed by atoms with Gasteiger partial charge in [-0.2, -0.15) is 0 Å². The Morgan fingerprint density at radius 2 is 1.92 bits per heavy atom. The molecule has 5 heteroatoms. The Labute approximate surface area is 144 Å². The number of furan rings is 1. The Kier molecular flexibility index (Phi) is 3.61. The third-order valence-corrected chi connectivity index (χ3v) is 4.39. The molecular formula is C20H16N2O3. The quantitative estimate of drug-likeness (QED) is 0.744. The number of fused-ring (bicyclic) bond motifs is 2. The van der Waals surface area contributed by atoms with E-state index in [1.165, 1.54) is 6.08 Å². The maximum absolute atomic E-state index is 12.5. The first kappa shape index (κ1) is 15.2. The Balaban J connectivity index is 1.53. The van der Waals surface area contributed by atoms with Crippen LogP contribution in [-0.4, -0.2) is 16.7 Å². The van der Waals surface area contributed by atoms with Crippen molar-refractivity contribution in [2.45, 2.75) is 13.1 Å². The number of nitrogens with zero attached hydrogens (tertiary/aromatic N) is 1. The summed E-state index contributed by atoms with van der Waals surface area (Å²) in [6.45, 7) is 4.63. The Morgan fingerprint density at radius 1 is 1.08 bits per heavy atom. The van der Waals surface area contributed by atoms with Gasteiger partial charge in [0, 0.05) is 29.7 Å². The lowest BCUT2D eigenvalue weighted by molar-refractivity contribution is -0.126. The van der Waals surface area contributed by atoms with E-state index in [4.69, 9.17) is 4.42 Å². The summed E-state index contributed by atoms with van der Waals surface area (Å²) in [4.78, 5) is 25.9. The molecule has 0 fully saturated rings. The Hall–Kier alpha value is -3.34. The van der Waals surface area contributed by atoms with Crippen LogP contribution < -0.4 is 5.32 Å². The average Bonchev–Trinajstić information content (AvgIpc) is 3.26. The zero-order valence-electron chi connectivity index (χ0n) is 13.5. The normalized spacial score (nSPS) is 12.9. The molecule has 0 unspecified atom stereocenters. The van der Waals surface area contributed by atoms with Crippen molar-refractivity contribution in [2.75, 3.05) is 5.32 Å². The molecule has 0 atom stereocenters. The fourth-order valence-corrected chi connectivity index (χ4v) is 3.07. The van der Waals surface area contributed by atoms with Crippen LogP contribution in [0.3, 0.4) is 0 Å². The van der Waals surface area contributed by atoms with Gasteiger partial charge < -0.3 is 14.6 Å². The molecular weight excluding hydrogens is 316 g/mol. The van der Waals surface area contributed by atoms with Gasteiger partial charge in [0.1, 0.15) is 5.58 Å². The van der Waals surface area contributed by atoms with Crippen LogP contribution in [0, 0.1) is 0 Å². The number of rotatable bonds is 3. The van der Waals surface area contributed by atoms with E-state index in [-0.39, 0.29) is 11.8 Å². The molecule has 124 valence electrons. The predicted molar refractivity (Wildman–Crippen MR) is 95.1 cm³/mol. The van der Waals surface area contributed by atoms with Crippen LogP contribution in [0.25, 0.3) is 11.0 Å². The minimum absolute atomic E-state index is 0.0878. The summed E-state index contributed by atoms with van der Waals surface area (Å²) in [6.07, 6.45) is 2.92. The summed E-state index contributed by atoms with van der Waals surface area (Å²) in [7, 11) is 0. The number of amides is 2. The minimum atomic E-state index is -0.180. The van der Waals surface area contributed by atoms with Gasteiger partial charge in [0.05, 0.1) is 6.26 Å². The molecule has 0 bridgehead atoms. The lowest BCUT2D eigenvalue weighted by Gasteiger charge is -2.11. The van der Waals surface area contributed by atoms with Crippen LogP contribution in [0.5, 0.6) is 0 Å². The number of anilines is 1. The van der Waals surface area contributed by atoms with Gasteiger partial charge in [-0.1, -0.05) is 12.6 Å². The molecule has 2 amide bonds. The second kappa shape index (κ2) is 5.94. The molecule has 3 aromatic rings. The van der Waals surface area contributed by atoms with Crippen LogP contribution in [0.2, 0.25) is 0 Å². The highest BCUT2D eigenvalue weighted by molar-refractivity contribution is 6.06. The first-order chi connectivity index (χ1) is 12.1. The van der Waals surface area contributed by atoms with Crippen molar-refractivity contribution < 1.29 is 14.0 Å². The molecule has 0 saturated carbocycles. The lowest BCUT2D eigenvalue weighted by atomic mass is 10.1. The zero-order valence-corrected chi connectivity index (χ0v) is 13.5. The van der Waals surface area contributed by atoms with Gasteiger partial charge in [0.25, 0.3) is 5.91 Å². The molecule has 1 aliphatic rings. The van der Waals surface area contributed by atoms with E-state index < -0.39 is 0 Å². The summed E-state index contributed by atoms with van der Waals surface area (Å²) in [5.41, 5.74) is 4.16. The molecule has 0 saturated heterocycles. The number of nitrogens with one attached hydrogen (secondary N) is 1. The van der Waals surface area contributed by atoms with Crippen molar-refractivity contribution in [3.05, 3.63) is 78.1 Å². The number of benzene rings is 2. The summed E-state index contributed by atoms with van der Waals surface area (Å²) < 4.78 is 5.29. The second-order valence-electron chi connectivity index (χ2n) is 6.01. The maximum Gasteiger partial charge on any atom is 0.255 e. The highest BCUT2D eigenvalue weighted by atomic mass is 16.3. The van der Waals surface area contributed by atoms with E-state index in [1.54, 1.807) is 29.4 Å². The van der Waals surface area contributed by atoms with Crippen LogP contribution in [0.4, 0.5) is 5.69 Å². The molecule has 1 aromatic heterocycles. The van der Waals surface area contributed by atoms with Crippen molar-refractivity contribution in [3.63, 3.8) is 0 Å². The third-order valence-electron chi connectivity index (χ3n) is 4.39. The van der Waals surface area contributed by atoms with Gasteiger partial charge in [0.2, 0.25) is 5.91 Å². The van der Waals surface area contributed by atoms with E-state index in [0.717, 1.165) is 22.1 Å². The third kappa shape index (κ3) is 2.80. The van der Waals surface area contributed by atoms with Gasteiger partial charge in [-0.25, -0.2) is 0 Å². The van der Waals surface area contributed by atoms with Crippen molar-refractivity contribution in [1.82, 2.24) is 4.90 Å². The summed E-state index contributed by atoms with van der Waals surface area (Å²) in [6, 6.07) is 12.9. The van der Waals surface area contributed by atoms with Gasteiger partial charge >= 0.3 is 0 Å². The molecule has 0 radical (unpaired) electrons. The Morgan fingerprint density at radius 3 is 2.76 bits per heavy atom. The predicted octanol–water partition coefficient (Wildman–Crippen LogP) is 3.71. The summed E-state index contributed by atoms with van der Waals surface area (Å²) in [5, 5.41) is 3.80. The van der Waals surface area contributed by atoms with E-state index in [0.29, 0.717) is 24.3 Å². The smallest absolute Gasteiger partial charge is 0.255 e. The standard InChI is InChI=1S/C20H16N2O3/c1-2-19(23)22-11-15-3-5-17(10-16(15)12-22)21-20(24)14-4-6-18-13(9-14)7-8-25-18/h2-10H,1,11-12H2,(H,21,24). The van der Waals surface area contributed by atoms with Gasteiger partial charge in [-0.05, 0) is 53.6 Å². The number of hydrogen-bond acceptors (Lipinski definition) is 3. The number of hydrogen-bond donors (Lipinski definition) is 1. The van der Waals surface area contributed by atoms with Crippen molar-refractivity contribution in [1.29, 1.82) is 0 Å². The molecule has 1 N–H and O–H groups in total. The topological polar surface area (TPSA) is 62.6 Å². The van der Waals surface area contributed by atoms with Crippen molar-refractivity contribution in [3.8, 4) is 0 Å². The van der Waals surface area contributed by atoms with Gasteiger partial charge in [-0.15, -0.1) is 0 Å². The van der Waals surface area contributed by atoms with Crippen LogP contribution >= 0.6 is 0 Å². The SMILES string of the molecule is C=CC(=O)N1Cc2ccc(NC(=O)c3ccc4occc4c3)cc2C1. The van der Waals surface area contributed by atoms with Gasteiger partial charge in [-0.3, -0.25) is 9.59 Å². The molecule has 0 spiro atoms. The summed E-state index contributed by atoms with van der Waals surface area (Å²) >= 11 is 0. The monoisotopic (exact) mass is 332 g/mol. The molecule has 25 heavy (non-hydrogen) atoms. The van der Waals surface area contributed by atoms with Crippen molar-refractivity contribution >= 4 is 28.5 Å². The average molecular weight is 332 g/mol. The Bertz CT molecular complexity index is 1000. The zero-order chi connectivity index (χ0) is 17.4. The molecule has 4 rings (SSSR count). The van der Waals surface area contributed by atoms with E-state index in [9.17, 15) is 9.59 Å². The second-order valence-corrected chi connectivity index (χ2v) is 6.01. The molecule has 1 aliphatic heterocycles. The van der Waals surface area contributed by atoms with E-state index >= 15 is 0 Å². The molecule has 2 aromatic carbocycles. The fourth-order valence-electron chi connectivity index (χ4n) is 3.07. The highest BCUT2D eigenvalue weighted by Gasteiger charge is 2.22. The number of carbonyl (C=O) groups excluding carboxylic acids is 2. The largest absolute Gasteiger partial charge is 0.464 e. The highest BCUT2D eigenvalue weighted by Crippen LogP contribution is 2.26. The van der Waals surface area contributed by atoms with Crippen LogP contribution in [0.1, 0.15) is 21.5 Å².